The highest BCUT2D eigenvalue weighted by molar-refractivity contribution is 9.10. The number of nitrogens with zero attached hydrogens (tertiary/aromatic N) is 2. The Labute approximate surface area is 112 Å². The summed E-state index contributed by atoms with van der Waals surface area (Å²) in [7, 11) is 0. The lowest BCUT2D eigenvalue weighted by Gasteiger charge is -2.07. The lowest BCUT2D eigenvalue weighted by molar-refractivity contribution is 0.0696. The Morgan fingerprint density at radius 2 is 2.22 bits per heavy atom. The summed E-state index contributed by atoms with van der Waals surface area (Å²) in [5, 5.41) is 8.92. The molecule has 0 saturated heterocycles. The maximum absolute atomic E-state index is 10.9. The van der Waals surface area contributed by atoms with Crippen LogP contribution in [0.15, 0.2) is 35.2 Å². The number of benzene rings is 1. The molecule has 0 spiro atoms. The summed E-state index contributed by atoms with van der Waals surface area (Å²) in [6.07, 6.45) is 2.94. The lowest BCUT2D eigenvalue weighted by Crippen LogP contribution is -1.99. The first kappa shape index (κ1) is 12.5. The van der Waals surface area contributed by atoms with Crippen LogP contribution < -0.4 is 4.74 Å². The predicted octanol–water partition coefficient (Wildman–Crippen LogP) is 3.04. The zero-order chi connectivity index (χ0) is 13.1. The second-order valence-electron chi connectivity index (χ2n) is 3.56. The molecule has 0 atom stereocenters. The van der Waals surface area contributed by atoms with Gasteiger partial charge in [-0.1, -0.05) is 0 Å². The monoisotopic (exact) mass is 308 g/mol. The van der Waals surface area contributed by atoms with E-state index in [2.05, 4.69) is 25.9 Å². The van der Waals surface area contributed by atoms with Gasteiger partial charge >= 0.3 is 5.97 Å². The third-order valence-electron chi connectivity index (χ3n) is 2.28. The first-order valence-corrected chi connectivity index (χ1v) is 5.84. The van der Waals surface area contributed by atoms with Crippen LogP contribution >= 0.6 is 15.9 Å². The first-order valence-electron chi connectivity index (χ1n) is 5.05. The number of ether oxygens (including phenoxy) is 1. The van der Waals surface area contributed by atoms with Gasteiger partial charge in [-0.15, -0.1) is 0 Å². The fourth-order valence-corrected chi connectivity index (χ4v) is 1.73. The van der Waals surface area contributed by atoms with Crippen molar-refractivity contribution in [2.45, 2.75) is 6.92 Å². The van der Waals surface area contributed by atoms with Crippen molar-refractivity contribution >= 4 is 21.9 Å². The van der Waals surface area contributed by atoms with Gasteiger partial charge in [-0.3, -0.25) is 0 Å². The van der Waals surface area contributed by atoms with Gasteiger partial charge in [-0.05, 0) is 46.6 Å². The van der Waals surface area contributed by atoms with Gasteiger partial charge in [0.15, 0.2) is 0 Å². The summed E-state index contributed by atoms with van der Waals surface area (Å²) in [5.74, 6) is -0.0494. The van der Waals surface area contributed by atoms with Crippen LogP contribution in [0.25, 0.3) is 0 Å². The van der Waals surface area contributed by atoms with E-state index in [4.69, 9.17) is 9.84 Å². The van der Waals surface area contributed by atoms with Crippen LogP contribution in [0.4, 0.5) is 0 Å². The molecular weight excluding hydrogens is 300 g/mol. The second-order valence-corrected chi connectivity index (χ2v) is 4.41. The third kappa shape index (κ3) is 2.65. The van der Waals surface area contributed by atoms with Gasteiger partial charge in [0.1, 0.15) is 12.1 Å². The summed E-state index contributed by atoms with van der Waals surface area (Å²) in [5.41, 5.74) is 0.884. The summed E-state index contributed by atoms with van der Waals surface area (Å²) >= 11 is 3.27. The van der Waals surface area contributed by atoms with E-state index in [-0.39, 0.29) is 5.56 Å². The highest BCUT2D eigenvalue weighted by Gasteiger charge is 2.09. The van der Waals surface area contributed by atoms with E-state index in [9.17, 15) is 4.79 Å². The zero-order valence-corrected chi connectivity index (χ0v) is 11.0. The molecule has 0 aliphatic carbocycles. The topological polar surface area (TPSA) is 72.3 Å². The Balaban J connectivity index is 2.29. The highest BCUT2D eigenvalue weighted by atomic mass is 79.9. The standard InChI is InChI=1S/C12H9BrN2O3/c1-7-4-8(2-3-9(7)12(16)17)18-11-10(13)5-14-6-15-11/h2-6H,1H3,(H,16,17). The van der Waals surface area contributed by atoms with E-state index in [1.807, 2.05) is 0 Å². The van der Waals surface area contributed by atoms with E-state index in [0.717, 1.165) is 0 Å². The molecule has 0 aliphatic rings. The molecule has 18 heavy (non-hydrogen) atoms. The maximum Gasteiger partial charge on any atom is 0.335 e. The van der Waals surface area contributed by atoms with Gasteiger partial charge in [-0.25, -0.2) is 14.8 Å². The lowest BCUT2D eigenvalue weighted by atomic mass is 10.1. The largest absolute Gasteiger partial charge is 0.478 e. The quantitative estimate of drug-likeness (QED) is 0.943. The average Bonchev–Trinajstić information content (AvgIpc) is 2.32. The van der Waals surface area contributed by atoms with Crippen LogP contribution in [0.3, 0.4) is 0 Å². The number of rotatable bonds is 3. The van der Waals surface area contributed by atoms with Crippen molar-refractivity contribution in [3.05, 3.63) is 46.3 Å². The van der Waals surface area contributed by atoms with Crippen LogP contribution in [-0.2, 0) is 0 Å². The van der Waals surface area contributed by atoms with Gasteiger partial charge < -0.3 is 9.84 Å². The summed E-state index contributed by atoms with van der Waals surface area (Å²) < 4.78 is 6.16. The molecular formula is C12H9BrN2O3. The molecule has 0 saturated carbocycles. The van der Waals surface area contributed by atoms with Crippen LogP contribution in [0.2, 0.25) is 0 Å². The van der Waals surface area contributed by atoms with Crippen molar-refractivity contribution in [1.29, 1.82) is 0 Å². The molecule has 0 bridgehead atoms. The van der Waals surface area contributed by atoms with E-state index < -0.39 is 5.97 Å². The Bertz CT molecular complexity index is 602. The van der Waals surface area contributed by atoms with Gasteiger partial charge in [0.25, 0.3) is 0 Å². The molecule has 2 aromatic rings. The van der Waals surface area contributed by atoms with Gasteiger partial charge in [0.2, 0.25) is 5.88 Å². The molecule has 2 rings (SSSR count). The number of hydrogen-bond acceptors (Lipinski definition) is 4. The summed E-state index contributed by atoms with van der Waals surface area (Å²) in [6.45, 7) is 1.71. The van der Waals surface area contributed by atoms with Crippen molar-refractivity contribution in [2.75, 3.05) is 0 Å². The van der Waals surface area contributed by atoms with Crippen molar-refractivity contribution < 1.29 is 14.6 Å². The van der Waals surface area contributed by atoms with Crippen LogP contribution in [-0.4, -0.2) is 21.0 Å². The SMILES string of the molecule is Cc1cc(Oc2ncncc2Br)ccc1C(=O)O. The molecule has 1 aromatic carbocycles. The molecule has 0 amide bonds. The smallest absolute Gasteiger partial charge is 0.335 e. The highest BCUT2D eigenvalue weighted by Crippen LogP contribution is 2.27. The molecule has 92 valence electrons. The van der Waals surface area contributed by atoms with Crippen molar-refractivity contribution in [1.82, 2.24) is 9.97 Å². The summed E-state index contributed by atoms with van der Waals surface area (Å²) in [4.78, 5) is 18.7. The zero-order valence-electron chi connectivity index (χ0n) is 9.42. The molecule has 0 fully saturated rings. The number of aromatic nitrogens is 2. The predicted molar refractivity (Wildman–Crippen MR) is 67.9 cm³/mol. The Morgan fingerprint density at radius 3 is 2.83 bits per heavy atom. The number of carboxylic acids is 1. The molecule has 0 radical (unpaired) electrons. The number of aryl methyl sites for hydroxylation is 1. The summed E-state index contributed by atoms with van der Waals surface area (Å²) in [6, 6.07) is 4.74. The van der Waals surface area contributed by atoms with Crippen molar-refractivity contribution in [2.24, 2.45) is 0 Å². The van der Waals surface area contributed by atoms with Crippen molar-refractivity contribution in [3.63, 3.8) is 0 Å². The Morgan fingerprint density at radius 1 is 1.44 bits per heavy atom. The third-order valence-corrected chi connectivity index (χ3v) is 2.82. The van der Waals surface area contributed by atoms with E-state index in [0.29, 0.717) is 21.7 Å². The fourth-order valence-electron chi connectivity index (χ4n) is 1.43. The average molecular weight is 309 g/mol. The molecule has 5 nitrogen and oxygen atoms in total. The number of carboxylic acid groups (broad SMARTS) is 1. The minimum atomic E-state index is -0.956. The van der Waals surface area contributed by atoms with E-state index in [1.165, 1.54) is 12.4 Å². The van der Waals surface area contributed by atoms with E-state index in [1.54, 1.807) is 25.3 Å². The molecule has 1 heterocycles. The molecule has 0 unspecified atom stereocenters. The number of halogens is 1. The van der Waals surface area contributed by atoms with Crippen LogP contribution in [0.5, 0.6) is 11.6 Å². The molecule has 1 N–H and O–H groups in total. The minimum Gasteiger partial charge on any atom is -0.478 e. The maximum atomic E-state index is 10.9. The van der Waals surface area contributed by atoms with Crippen LogP contribution in [0, 0.1) is 6.92 Å². The van der Waals surface area contributed by atoms with Crippen LogP contribution in [0.1, 0.15) is 15.9 Å². The van der Waals surface area contributed by atoms with Gasteiger partial charge in [0.05, 0.1) is 10.0 Å². The Hall–Kier alpha value is -1.95. The number of hydrogen-bond donors (Lipinski definition) is 1. The number of aromatic carboxylic acids is 1. The molecule has 6 heteroatoms. The number of carbonyl (C=O) groups is 1. The fraction of sp³-hybridized carbons (Fsp3) is 0.0833. The van der Waals surface area contributed by atoms with Gasteiger partial charge in [-0.2, -0.15) is 0 Å². The molecule has 1 aromatic heterocycles. The van der Waals surface area contributed by atoms with E-state index >= 15 is 0 Å². The second kappa shape index (κ2) is 5.14. The van der Waals surface area contributed by atoms with Crippen molar-refractivity contribution in [3.8, 4) is 11.6 Å². The normalized spacial score (nSPS) is 10.1. The minimum absolute atomic E-state index is 0.254. The Kier molecular flexibility index (Phi) is 3.57. The first-order chi connectivity index (χ1) is 8.58. The molecule has 0 aliphatic heterocycles. The van der Waals surface area contributed by atoms with Gasteiger partial charge in [0, 0.05) is 6.20 Å².